The Kier molecular flexibility index (Phi) is 6.85. The molecule has 0 bridgehead atoms. The van der Waals surface area contributed by atoms with Crippen LogP contribution in [0.5, 0.6) is 0 Å². The fourth-order valence-electron chi connectivity index (χ4n) is 3.12. The maximum atomic E-state index is 12.6. The first-order valence-electron chi connectivity index (χ1n) is 9.33. The highest BCUT2D eigenvalue weighted by Gasteiger charge is 2.36. The predicted octanol–water partition coefficient (Wildman–Crippen LogP) is 4.32. The molecule has 0 atom stereocenters. The maximum absolute atomic E-state index is 12.6. The van der Waals surface area contributed by atoms with Crippen molar-refractivity contribution in [2.45, 2.75) is 0 Å². The normalized spacial score (nSPS) is 18.2. The monoisotopic (exact) mass is 569 g/mol. The maximum Gasteiger partial charge on any atom is 0.294 e. The number of furan rings is 1. The number of halogens is 2. The molecule has 3 amide bonds. The smallest absolute Gasteiger partial charge is 0.294 e. The lowest BCUT2D eigenvalue weighted by molar-refractivity contribution is -0.127. The molecule has 0 saturated carbocycles. The fraction of sp³-hybridized carbons (Fsp3) is 0.250. The van der Waals surface area contributed by atoms with Gasteiger partial charge in [-0.3, -0.25) is 19.3 Å². The molecule has 2 fully saturated rings. The van der Waals surface area contributed by atoms with Crippen LogP contribution in [-0.2, 0) is 14.3 Å². The van der Waals surface area contributed by atoms with Gasteiger partial charge in [0.05, 0.1) is 22.6 Å². The first kappa shape index (κ1) is 22.1. The zero-order chi connectivity index (χ0) is 22.0. The molecule has 2 aliphatic rings. The number of amides is 3. The molecule has 4 rings (SSSR count). The van der Waals surface area contributed by atoms with Crippen LogP contribution in [0.25, 0.3) is 6.08 Å². The highest BCUT2D eigenvalue weighted by molar-refractivity contribution is 9.13. The average Bonchev–Trinajstić information content (AvgIpc) is 3.21. The van der Waals surface area contributed by atoms with Crippen molar-refractivity contribution >= 4 is 78.1 Å². The van der Waals surface area contributed by atoms with Crippen molar-refractivity contribution in [2.75, 3.05) is 43.1 Å². The second-order valence-corrected chi connectivity index (χ2v) is 9.30. The molecular weight excluding hydrogens is 554 g/mol. The summed E-state index contributed by atoms with van der Waals surface area (Å²) in [6.45, 7) is 2.67. The molecule has 162 valence electrons. The first-order valence-corrected chi connectivity index (χ1v) is 11.7. The van der Waals surface area contributed by atoms with Gasteiger partial charge in [0.1, 0.15) is 12.3 Å². The lowest BCUT2D eigenvalue weighted by Crippen LogP contribution is -2.36. The summed E-state index contributed by atoms with van der Waals surface area (Å²) in [5.74, 6) is -0.573. The summed E-state index contributed by atoms with van der Waals surface area (Å²) in [5.41, 5.74) is 1.64. The van der Waals surface area contributed by atoms with E-state index >= 15 is 0 Å². The third-order valence-corrected chi connectivity index (χ3v) is 7.26. The zero-order valence-corrected chi connectivity index (χ0v) is 20.1. The van der Waals surface area contributed by atoms with Crippen LogP contribution >= 0.6 is 43.6 Å². The predicted molar refractivity (Wildman–Crippen MR) is 125 cm³/mol. The van der Waals surface area contributed by atoms with Crippen molar-refractivity contribution in [2.24, 2.45) is 0 Å². The lowest BCUT2D eigenvalue weighted by Gasteiger charge is -2.28. The second kappa shape index (κ2) is 9.60. The molecule has 3 heterocycles. The summed E-state index contributed by atoms with van der Waals surface area (Å²) in [4.78, 5) is 40.6. The van der Waals surface area contributed by atoms with E-state index in [1.54, 1.807) is 18.2 Å². The molecule has 0 radical (unpaired) electrons. The van der Waals surface area contributed by atoms with Gasteiger partial charge in [-0.05, 0) is 74.0 Å². The van der Waals surface area contributed by atoms with E-state index < -0.39 is 17.1 Å². The van der Waals surface area contributed by atoms with E-state index in [1.165, 1.54) is 6.08 Å². The van der Waals surface area contributed by atoms with Crippen molar-refractivity contribution < 1.29 is 23.5 Å². The molecule has 31 heavy (non-hydrogen) atoms. The van der Waals surface area contributed by atoms with Gasteiger partial charge < -0.3 is 19.4 Å². The fourth-order valence-corrected chi connectivity index (χ4v) is 4.55. The first-order chi connectivity index (χ1) is 14.9. The number of carbonyl (C=O) groups is 3. The minimum Gasteiger partial charge on any atom is -0.449 e. The zero-order valence-electron chi connectivity index (χ0n) is 16.1. The molecule has 2 saturated heterocycles. The van der Waals surface area contributed by atoms with E-state index in [2.05, 4.69) is 42.1 Å². The third kappa shape index (κ3) is 5.22. The molecule has 1 aromatic heterocycles. The highest BCUT2D eigenvalue weighted by Crippen LogP contribution is 2.34. The van der Waals surface area contributed by atoms with Crippen LogP contribution in [0.1, 0.15) is 5.76 Å². The Morgan fingerprint density at radius 1 is 1.16 bits per heavy atom. The van der Waals surface area contributed by atoms with Gasteiger partial charge in [-0.25, -0.2) is 0 Å². The number of ether oxygens (including phenoxy) is 1. The molecule has 11 heteroatoms. The number of carbonyl (C=O) groups excluding carboxylic acids is 3. The number of benzene rings is 1. The standard InChI is InChI=1S/C20H17Br2N3O5S/c21-15-9-14(30-18(15)22)10-16-19(27)25(20(28)31-16)11-17(26)23-12-1-3-13(4-2-12)24-5-7-29-8-6-24/h1-4,9-10H,5-8,11H2,(H,23,26)/b16-10-. The Morgan fingerprint density at radius 2 is 1.87 bits per heavy atom. The van der Waals surface area contributed by atoms with Gasteiger partial charge in [-0.2, -0.15) is 0 Å². The Labute approximate surface area is 199 Å². The third-order valence-electron chi connectivity index (χ3n) is 4.64. The van der Waals surface area contributed by atoms with Crippen molar-refractivity contribution in [3.05, 3.63) is 50.1 Å². The summed E-state index contributed by atoms with van der Waals surface area (Å²) < 4.78 is 11.9. The molecule has 1 aromatic carbocycles. The number of thioether (sulfide) groups is 1. The molecule has 0 aliphatic carbocycles. The van der Waals surface area contributed by atoms with Crippen LogP contribution in [0.2, 0.25) is 0 Å². The Bertz CT molecular complexity index is 1030. The number of morpholine rings is 1. The molecule has 2 aromatic rings. The molecule has 0 spiro atoms. The Hall–Kier alpha value is -2.08. The number of nitrogens with one attached hydrogen (secondary N) is 1. The van der Waals surface area contributed by atoms with E-state index in [9.17, 15) is 14.4 Å². The Morgan fingerprint density at radius 3 is 2.52 bits per heavy atom. The minimum atomic E-state index is -0.531. The summed E-state index contributed by atoms with van der Waals surface area (Å²) >= 11 is 7.29. The van der Waals surface area contributed by atoms with E-state index in [0.717, 1.165) is 35.4 Å². The van der Waals surface area contributed by atoms with Crippen LogP contribution in [0.3, 0.4) is 0 Å². The van der Waals surface area contributed by atoms with Crippen LogP contribution in [0, 0.1) is 0 Å². The van der Waals surface area contributed by atoms with E-state index in [0.29, 0.717) is 33.8 Å². The van der Waals surface area contributed by atoms with Gasteiger partial charge in [0.2, 0.25) is 5.91 Å². The summed E-state index contributed by atoms with van der Waals surface area (Å²) in [5, 5.41) is 2.23. The second-order valence-electron chi connectivity index (χ2n) is 6.73. The van der Waals surface area contributed by atoms with Crippen molar-refractivity contribution in [1.29, 1.82) is 0 Å². The summed E-state index contributed by atoms with van der Waals surface area (Å²) in [6, 6.07) is 9.10. The molecule has 1 N–H and O–H groups in total. The molecule has 8 nitrogen and oxygen atoms in total. The van der Waals surface area contributed by atoms with Gasteiger partial charge in [0.25, 0.3) is 11.1 Å². The lowest BCUT2D eigenvalue weighted by atomic mass is 10.2. The average molecular weight is 571 g/mol. The van der Waals surface area contributed by atoms with Crippen molar-refractivity contribution in [1.82, 2.24) is 4.90 Å². The van der Waals surface area contributed by atoms with Gasteiger partial charge >= 0.3 is 0 Å². The summed E-state index contributed by atoms with van der Waals surface area (Å²) in [6.07, 6.45) is 1.47. The largest absolute Gasteiger partial charge is 0.449 e. The molecule has 2 aliphatic heterocycles. The van der Waals surface area contributed by atoms with Gasteiger partial charge in [-0.15, -0.1) is 0 Å². The molecular formula is C20H17Br2N3O5S. The quantitative estimate of drug-likeness (QED) is 0.535. The van der Waals surface area contributed by atoms with Crippen LogP contribution in [0.4, 0.5) is 16.2 Å². The van der Waals surface area contributed by atoms with Gasteiger partial charge in [0, 0.05) is 30.5 Å². The topological polar surface area (TPSA) is 92.1 Å². The summed E-state index contributed by atoms with van der Waals surface area (Å²) in [7, 11) is 0. The van der Waals surface area contributed by atoms with Crippen LogP contribution in [-0.4, -0.2) is 54.8 Å². The minimum absolute atomic E-state index is 0.196. The van der Waals surface area contributed by atoms with E-state index in [4.69, 9.17) is 9.15 Å². The van der Waals surface area contributed by atoms with Crippen molar-refractivity contribution in [3.8, 4) is 0 Å². The van der Waals surface area contributed by atoms with Crippen molar-refractivity contribution in [3.63, 3.8) is 0 Å². The van der Waals surface area contributed by atoms with Crippen LogP contribution < -0.4 is 10.2 Å². The number of rotatable bonds is 5. The van der Waals surface area contributed by atoms with E-state index in [-0.39, 0.29) is 11.4 Å². The van der Waals surface area contributed by atoms with Gasteiger partial charge in [0.15, 0.2) is 4.67 Å². The number of imide groups is 1. The van der Waals surface area contributed by atoms with Gasteiger partial charge in [-0.1, -0.05) is 0 Å². The molecule has 0 unspecified atom stereocenters. The highest BCUT2D eigenvalue weighted by atomic mass is 79.9. The number of nitrogens with zero attached hydrogens (tertiary/aromatic N) is 2. The van der Waals surface area contributed by atoms with E-state index in [1.807, 2.05) is 12.1 Å². The SMILES string of the molecule is O=C(CN1C(=O)S/C(=C\c2cc(Br)c(Br)o2)C1=O)Nc1ccc(N2CCOCC2)cc1. The van der Waals surface area contributed by atoms with Crippen LogP contribution in [0.15, 0.2) is 48.8 Å². The number of anilines is 2. The number of hydrogen-bond donors (Lipinski definition) is 1. The number of hydrogen-bond acceptors (Lipinski definition) is 7. The Balaban J connectivity index is 1.36.